The molecule has 6 heteroatoms. The molecule has 4 rings (SSSR count). The third kappa shape index (κ3) is 2.71. The molecule has 0 saturated heterocycles. The standard InChI is InChI=1S/C20H21N3O3/c1-10-4-5-13-11(6-10)7-12(18(25)21-13)17-16-14(22-19(26)23-17)8-20(2,3)9-15(16)24/h4-7,17H,8-9H2,1-3H3,(H,21,25)(H2,22,23,26). The van der Waals surface area contributed by atoms with Gasteiger partial charge in [0.25, 0.3) is 5.56 Å². The molecule has 2 heterocycles. The Balaban J connectivity index is 1.90. The molecule has 1 aliphatic heterocycles. The minimum atomic E-state index is -0.726. The van der Waals surface area contributed by atoms with Crippen LogP contribution in [0.5, 0.6) is 0 Å². The van der Waals surface area contributed by atoms with E-state index in [9.17, 15) is 14.4 Å². The Morgan fingerprint density at radius 1 is 1.08 bits per heavy atom. The number of aromatic nitrogens is 1. The van der Waals surface area contributed by atoms with Gasteiger partial charge in [-0.3, -0.25) is 9.59 Å². The molecule has 1 atom stereocenters. The number of Topliss-reactive ketones (excluding diaryl/α,β-unsaturated/α-hetero) is 1. The van der Waals surface area contributed by atoms with Crippen LogP contribution in [0.1, 0.15) is 43.9 Å². The van der Waals surface area contributed by atoms with E-state index in [0.29, 0.717) is 29.7 Å². The number of allylic oxidation sites excluding steroid dienone is 1. The van der Waals surface area contributed by atoms with Crippen LogP contribution in [-0.4, -0.2) is 16.8 Å². The molecular weight excluding hydrogens is 330 g/mol. The Hall–Kier alpha value is -2.89. The summed E-state index contributed by atoms with van der Waals surface area (Å²) >= 11 is 0. The number of amides is 2. The van der Waals surface area contributed by atoms with Gasteiger partial charge in [-0.1, -0.05) is 25.5 Å². The monoisotopic (exact) mass is 351 g/mol. The van der Waals surface area contributed by atoms with Crippen molar-refractivity contribution in [2.45, 2.75) is 39.7 Å². The number of H-pyrrole nitrogens is 1. The number of pyridine rings is 1. The summed E-state index contributed by atoms with van der Waals surface area (Å²) in [5, 5.41) is 6.40. The molecule has 134 valence electrons. The van der Waals surface area contributed by atoms with E-state index in [4.69, 9.17) is 0 Å². The highest BCUT2D eigenvalue weighted by atomic mass is 16.2. The number of nitrogens with one attached hydrogen (secondary N) is 3. The van der Waals surface area contributed by atoms with E-state index in [1.165, 1.54) is 0 Å². The topological polar surface area (TPSA) is 91.1 Å². The Morgan fingerprint density at radius 2 is 1.85 bits per heavy atom. The molecular formula is C20H21N3O3. The van der Waals surface area contributed by atoms with Crippen LogP contribution in [0, 0.1) is 12.3 Å². The zero-order valence-electron chi connectivity index (χ0n) is 15.0. The molecule has 2 aromatic rings. The van der Waals surface area contributed by atoms with E-state index in [2.05, 4.69) is 15.6 Å². The second kappa shape index (κ2) is 5.56. The summed E-state index contributed by atoms with van der Waals surface area (Å²) in [6, 6.07) is 6.42. The first-order valence-electron chi connectivity index (χ1n) is 8.71. The van der Waals surface area contributed by atoms with E-state index in [1.807, 2.05) is 39.0 Å². The number of fused-ring (bicyclic) bond motifs is 1. The second-order valence-corrected chi connectivity index (χ2v) is 8.01. The van der Waals surface area contributed by atoms with Gasteiger partial charge < -0.3 is 15.6 Å². The highest BCUT2D eigenvalue weighted by Crippen LogP contribution is 2.41. The van der Waals surface area contributed by atoms with Crippen LogP contribution in [0.2, 0.25) is 0 Å². The summed E-state index contributed by atoms with van der Waals surface area (Å²) in [6.45, 7) is 5.98. The number of urea groups is 1. The van der Waals surface area contributed by atoms with Crippen molar-refractivity contribution in [3.8, 4) is 0 Å². The van der Waals surface area contributed by atoms with Crippen molar-refractivity contribution in [2.75, 3.05) is 0 Å². The quantitative estimate of drug-likeness (QED) is 0.738. The number of aromatic amines is 1. The molecule has 6 nitrogen and oxygen atoms in total. The van der Waals surface area contributed by atoms with Crippen molar-refractivity contribution < 1.29 is 9.59 Å². The number of rotatable bonds is 1. The lowest BCUT2D eigenvalue weighted by atomic mass is 9.73. The van der Waals surface area contributed by atoms with Gasteiger partial charge >= 0.3 is 6.03 Å². The highest BCUT2D eigenvalue weighted by Gasteiger charge is 2.41. The smallest absolute Gasteiger partial charge is 0.319 e. The second-order valence-electron chi connectivity index (χ2n) is 8.01. The van der Waals surface area contributed by atoms with E-state index in [1.54, 1.807) is 6.07 Å². The average molecular weight is 351 g/mol. The molecule has 26 heavy (non-hydrogen) atoms. The third-order valence-electron chi connectivity index (χ3n) is 5.09. The molecule has 2 aliphatic rings. The first kappa shape index (κ1) is 16.6. The van der Waals surface area contributed by atoms with Gasteiger partial charge in [0.15, 0.2) is 5.78 Å². The molecule has 2 amide bonds. The molecule has 0 saturated carbocycles. The average Bonchev–Trinajstić information content (AvgIpc) is 2.52. The van der Waals surface area contributed by atoms with Crippen molar-refractivity contribution in [1.82, 2.24) is 15.6 Å². The van der Waals surface area contributed by atoms with Gasteiger partial charge in [-0.2, -0.15) is 0 Å². The number of aryl methyl sites for hydroxylation is 1. The van der Waals surface area contributed by atoms with Gasteiger partial charge in [0, 0.05) is 28.8 Å². The summed E-state index contributed by atoms with van der Waals surface area (Å²) < 4.78 is 0. The molecule has 1 aromatic carbocycles. The largest absolute Gasteiger partial charge is 0.327 e. The molecule has 0 radical (unpaired) electrons. The fourth-order valence-electron chi connectivity index (χ4n) is 3.95. The lowest BCUT2D eigenvalue weighted by molar-refractivity contribution is -0.118. The third-order valence-corrected chi connectivity index (χ3v) is 5.09. The maximum Gasteiger partial charge on any atom is 0.319 e. The SMILES string of the molecule is Cc1ccc2[nH]c(=O)c(C3NC(=O)NC4=C3C(=O)CC(C)(C)C4)cc2c1. The van der Waals surface area contributed by atoms with Gasteiger partial charge in [0.1, 0.15) is 0 Å². The first-order valence-corrected chi connectivity index (χ1v) is 8.71. The van der Waals surface area contributed by atoms with Crippen molar-refractivity contribution in [3.63, 3.8) is 0 Å². The Labute approximate surface area is 150 Å². The maximum absolute atomic E-state index is 12.8. The van der Waals surface area contributed by atoms with E-state index >= 15 is 0 Å². The molecule has 3 N–H and O–H groups in total. The molecule has 0 fully saturated rings. The fraction of sp³-hybridized carbons (Fsp3) is 0.350. The van der Waals surface area contributed by atoms with Gasteiger partial charge in [-0.15, -0.1) is 0 Å². The minimum absolute atomic E-state index is 0.0301. The predicted octanol–water partition coefficient (Wildman–Crippen LogP) is 2.83. The van der Waals surface area contributed by atoms with Crippen LogP contribution < -0.4 is 16.2 Å². The number of benzene rings is 1. The Bertz CT molecular complexity index is 1050. The Kier molecular flexibility index (Phi) is 3.54. The van der Waals surface area contributed by atoms with Gasteiger partial charge in [0.2, 0.25) is 0 Å². The highest BCUT2D eigenvalue weighted by molar-refractivity contribution is 6.01. The zero-order chi connectivity index (χ0) is 18.6. The van der Waals surface area contributed by atoms with Gasteiger partial charge in [-0.05, 0) is 42.3 Å². The number of carbonyl (C=O) groups excluding carboxylic acids is 2. The fourth-order valence-corrected chi connectivity index (χ4v) is 3.95. The van der Waals surface area contributed by atoms with Crippen molar-refractivity contribution in [1.29, 1.82) is 0 Å². The van der Waals surface area contributed by atoms with E-state index in [-0.39, 0.29) is 22.8 Å². The first-order chi connectivity index (χ1) is 12.2. The number of carbonyl (C=O) groups is 2. The molecule has 1 aromatic heterocycles. The van der Waals surface area contributed by atoms with Crippen LogP contribution in [0.3, 0.4) is 0 Å². The molecule has 1 unspecified atom stereocenters. The van der Waals surface area contributed by atoms with Crippen LogP contribution in [0.15, 0.2) is 40.3 Å². The lowest BCUT2D eigenvalue weighted by Crippen LogP contribution is -2.49. The summed E-state index contributed by atoms with van der Waals surface area (Å²) in [7, 11) is 0. The maximum atomic E-state index is 12.8. The normalized spacial score (nSPS) is 22.0. The zero-order valence-corrected chi connectivity index (χ0v) is 15.0. The number of hydrogen-bond acceptors (Lipinski definition) is 3. The molecule has 0 spiro atoms. The van der Waals surface area contributed by atoms with E-state index in [0.717, 1.165) is 16.5 Å². The lowest BCUT2D eigenvalue weighted by Gasteiger charge is -2.38. The van der Waals surface area contributed by atoms with Crippen molar-refractivity contribution in [3.05, 3.63) is 57.0 Å². The van der Waals surface area contributed by atoms with Gasteiger partial charge in [0.05, 0.1) is 6.04 Å². The van der Waals surface area contributed by atoms with Gasteiger partial charge in [-0.25, -0.2) is 4.79 Å². The summed E-state index contributed by atoms with van der Waals surface area (Å²) in [5.74, 6) is -0.0301. The summed E-state index contributed by atoms with van der Waals surface area (Å²) in [4.78, 5) is 40.5. The molecule has 1 aliphatic carbocycles. The van der Waals surface area contributed by atoms with Crippen LogP contribution in [0.4, 0.5) is 4.79 Å². The number of hydrogen-bond donors (Lipinski definition) is 3. The van der Waals surface area contributed by atoms with Crippen LogP contribution in [0.25, 0.3) is 10.9 Å². The van der Waals surface area contributed by atoms with Crippen molar-refractivity contribution >= 4 is 22.7 Å². The minimum Gasteiger partial charge on any atom is -0.327 e. The summed E-state index contributed by atoms with van der Waals surface area (Å²) in [5.41, 5.74) is 2.81. The van der Waals surface area contributed by atoms with Crippen molar-refractivity contribution in [2.24, 2.45) is 5.41 Å². The van der Waals surface area contributed by atoms with Crippen LogP contribution in [-0.2, 0) is 4.79 Å². The Morgan fingerprint density at radius 3 is 2.62 bits per heavy atom. The number of ketones is 1. The predicted molar refractivity (Wildman–Crippen MR) is 98.8 cm³/mol. The summed E-state index contributed by atoms with van der Waals surface area (Å²) in [6.07, 6.45) is 0.993. The van der Waals surface area contributed by atoms with Crippen LogP contribution >= 0.6 is 0 Å². The molecule has 0 bridgehead atoms. The van der Waals surface area contributed by atoms with E-state index < -0.39 is 6.04 Å².